The zero-order valence-corrected chi connectivity index (χ0v) is 21.6. The highest BCUT2D eigenvalue weighted by Crippen LogP contribution is 2.47. The number of fused-ring (bicyclic) bond motifs is 5. The third-order valence-corrected chi connectivity index (χ3v) is 11.9. The van der Waals surface area contributed by atoms with E-state index in [1.807, 2.05) is 64.6 Å². The molecule has 154 valence electrons. The predicted molar refractivity (Wildman–Crippen MR) is 146 cm³/mol. The van der Waals surface area contributed by atoms with Gasteiger partial charge in [-0.15, -0.1) is 45.3 Å². The van der Waals surface area contributed by atoms with Gasteiger partial charge in [0.25, 0.3) is 0 Å². The molecule has 0 unspecified atom stereocenters. The van der Waals surface area contributed by atoms with E-state index >= 15 is 0 Å². The molecule has 1 nitrogen and oxygen atoms in total. The molecule has 6 rings (SSSR count). The van der Waals surface area contributed by atoms with Crippen LogP contribution in [0.15, 0.2) is 78.9 Å². The van der Waals surface area contributed by atoms with Gasteiger partial charge in [-0.25, -0.2) is 0 Å². The number of thiophene rings is 4. The lowest BCUT2D eigenvalue weighted by Crippen LogP contribution is -1.79. The molecule has 0 aliphatic carbocycles. The fraction of sp³-hybridized carbons (Fsp3) is 0.0833. The van der Waals surface area contributed by atoms with Gasteiger partial charge in [-0.3, -0.25) is 0 Å². The minimum Gasteiger partial charge on any atom is -0.380 e. The lowest BCUT2D eigenvalue weighted by molar-refractivity contribution is 1.51. The quantitative estimate of drug-likeness (QED) is 0.247. The van der Waals surface area contributed by atoms with Gasteiger partial charge in [-0.2, -0.15) is 0 Å². The number of nitrogens with one attached hydrogen (secondary N) is 1. The Morgan fingerprint density at radius 2 is 1.23 bits per heavy atom. The second-order valence-electron chi connectivity index (χ2n) is 7.12. The molecule has 0 saturated carbocycles. The minimum absolute atomic E-state index is 1.21. The summed E-state index contributed by atoms with van der Waals surface area (Å²) in [6.07, 6.45) is 0. The van der Waals surface area contributed by atoms with E-state index in [9.17, 15) is 0 Å². The maximum atomic E-state index is 3.22. The lowest BCUT2D eigenvalue weighted by atomic mass is 10.2. The summed E-state index contributed by atoms with van der Waals surface area (Å²) in [6, 6.07) is 22.6. The molecule has 31 heavy (non-hydrogen) atoms. The smallest absolute Gasteiger partial charge is 0.0891 e. The molecule has 0 saturated heterocycles. The monoisotopic (exact) mass is 511 g/mol. The first-order chi connectivity index (χ1) is 15.2. The van der Waals surface area contributed by atoms with Crippen LogP contribution in [0.1, 0.15) is 4.88 Å². The number of hydrogen-bond donors (Lipinski definition) is 1. The number of rotatable bonds is 5. The van der Waals surface area contributed by atoms with Crippen LogP contribution in [-0.4, -0.2) is 7.05 Å². The first-order valence-corrected chi connectivity index (χ1v) is 14.6. The Balaban J connectivity index is 1.35. The highest BCUT2D eigenvalue weighted by Gasteiger charge is 2.14. The highest BCUT2D eigenvalue weighted by atomic mass is 32.2. The Labute approximate surface area is 205 Å². The van der Waals surface area contributed by atoms with Crippen LogP contribution in [0, 0.1) is 6.92 Å². The summed E-state index contributed by atoms with van der Waals surface area (Å²) < 4.78 is 8.30. The van der Waals surface area contributed by atoms with Gasteiger partial charge >= 0.3 is 0 Å². The summed E-state index contributed by atoms with van der Waals surface area (Å²) in [5.74, 6) is 0. The first kappa shape index (κ1) is 20.1. The van der Waals surface area contributed by atoms with Crippen LogP contribution in [-0.2, 0) is 0 Å². The number of anilines is 1. The van der Waals surface area contributed by atoms with E-state index in [1.165, 1.54) is 57.7 Å². The van der Waals surface area contributed by atoms with E-state index < -0.39 is 0 Å². The van der Waals surface area contributed by atoms with Gasteiger partial charge < -0.3 is 5.32 Å². The third-order valence-electron chi connectivity index (χ3n) is 5.01. The summed E-state index contributed by atoms with van der Waals surface area (Å²) in [5, 5.41) is 7.20. The Morgan fingerprint density at radius 1 is 0.645 bits per heavy atom. The largest absolute Gasteiger partial charge is 0.380 e. The summed E-state index contributed by atoms with van der Waals surface area (Å²) in [5.41, 5.74) is 0. The molecule has 4 aromatic heterocycles. The second kappa shape index (κ2) is 8.14. The third kappa shape index (κ3) is 3.81. The van der Waals surface area contributed by atoms with Gasteiger partial charge in [0, 0.05) is 41.9 Å². The summed E-state index contributed by atoms with van der Waals surface area (Å²) in [4.78, 5) is 3.99. The zero-order valence-electron chi connectivity index (χ0n) is 16.7. The van der Waals surface area contributed by atoms with Crippen LogP contribution >= 0.6 is 68.9 Å². The predicted octanol–water partition coefficient (Wildman–Crippen LogP) is 10.0. The fourth-order valence-electron chi connectivity index (χ4n) is 3.55. The molecular formula is C24H17NS6. The number of benzene rings is 2. The fourth-order valence-corrected chi connectivity index (χ4v) is 10.6. The molecule has 0 aliphatic rings. The zero-order chi connectivity index (χ0) is 20.9. The van der Waals surface area contributed by atoms with Crippen molar-refractivity contribution in [1.82, 2.24) is 0 Å². The van der Waals surface area contributed by atoms with Crippen LogP contribution in [0.25, 0.3) is 29.6 Å². The molecule has 7 heteroatoms. The minimum atomic E-state index is 1.21. The average molecular weight is 512 g/mol. The van der Waals surface area contributed by atoms with Gasteiger partial charge in [0.15, 0.2) is 0 Å². The van der Waals surface area contributed by atoms with Crippen molar-refractivity contribution in [2.24, 2.45) is 0 Å². The van der Waals surface area contributed by atoms with Crippen molar-refractivity contribution in [1.29, 1.82) is 0 Å². The van der Waals surface area contributed by atoms with Crippen molar-refractivity contribution >= 4 is 103 Å². The maximum Gasteiger partial charge on any atom is 0.0891 e. The molecule has 4 heterocycles. The van der Waals surface area contributed by atoms with E-state index in [0.29, 0.717) is 0 Å². The maximum absolute atomic E-state index is 3.22. The Kier molecular flexibility index (Phi) is 5.29. The molecule has 0 aliphatic heterocycles. The topological polar surface area (TPSA) is 12.0 Å². The Bertz CT molecular complexity index is 1550. The van der Waals surface area contributed by atoms with Crippen LogP contribution in [0.5, 0.6) is 0 Å². The van der Waals surface area contributed by atoms with Gasteiger partial charge in [-0.1, -0.05) is 35.7 Å². The van der Waals surface area contributed by atoms with E-state index in [2.05, 4.69) is 72.9 Å². The molecule has 0 fully saturated rings. The van der Waals surface area contributed by atoms with Gasteiger partial charge in [0.1, 0.15) is 0 Å². The normalized spacial score (nSPS) is 11.8. The van der Waals surface area contributed by atoms with Crippen molar-refractivity contribution in [3.63, 3.8) is 0 Å². The van der Waals surface area contributed by atoms with Crippen molar-refractivity contribution in [2.75, 3.05) is 12.4 Å². The summed E-state index contributed by atoms with van der Waals surface area (Å²) >= 11 is 11.2. The Morgan fingerprint density at radius 3 is 1.74 bits per heavy atom. The van der Waals surface area contributed by atoms with Crippen molar-refractivity contribution < 1.29 is 0 Å². The molecule has 0 spiro atoms. The van der Waals surface area contributed by atoms with Crippen molar-refractivity contribution in [3.8, 4) is 0 Å². The van der Waals surface area contributed by atoms with Crippen LogP contribution in [0.4, 0.5) is 5.00 Å². The van der Waals surface area contributed by atoms with Crippen LogP contribution in [0.3, 0.4) is 0 Å². The summed E-state index contributed by atoms with van der Waals surface area (Å²) in [6.45, 7) is 2.17. The number of hydrogen-bond acceptors (Lipinski definition) is 7. The number of aryl methyl sites for hydroxylation is 1. The van der Waals surface area contributed by atoms with E-state index in [1.54, 1.807) is 11.3 Å². The standard InChI is InChI=1S/C24H17NS6/c1-13-3-9-21(26-13)27-14-4-6-16-18(11-14)29-24-17-7-5-15(12-19(17)30-23(16)24)28-22-10-8-20(25-2)31-22/h3-12,25H,1-2H3. The second-order valence-corrected chi connectivity index (χ2v) is 14.3. The Hall–Kier alpha value is -1.48. The van der Waals surface area contributed by atoms with Gasteiger partial charge in [0.05, 0.1) is 22.8 Å². The molecular weight excluding hydrogens is 495 g/mol. The molecule has 6 aromatic rings. The molecule has 0 atom stereocenters. The molecule has 0 radical (unpaired) electrons. The lowest BCUT2D eigenvalue weighted by Gasteiger charge is -2.00. The van der Waals surface area contributed by atoms with Crippen LogP contribution < -0.4 is 5.32 Å². The molecule has 2 aromatic carbocycles. The van der Waals surface area contributed by atoms with Crippen molar-refractivity contribution in [3.05, 3.63) is 65.5 Å². The van der Waals surface area contributed by atoms with Gasteiger partial charge in [-0.05, 0) is 55.5 Å². The summed E-state index contributed by atoms with van der Waals surface area (Å²) in [7, 11) is 1.97. The highest BCUT2D eigenvalue weighted by molar-refractivity contribution is 8.01. The molecule has 1 N–H and O–H groups in total. The SMILES string of the molecule is CNc1ccc(Sc2ccc3c(c2)sc2c4ccc(Sc5ccc(C)s5)cc4sc32)s1. The van der Waals surface area contributed by atoms with Crippen LogP contribution in [0.2, 0.25) is 0 Å². The van der Waals surface area contributed by atoms with E-state index in [-0.39, 0.29) is 0 Å². The first-order valence-electron chi connectivity index (χ1n) is 9.75. The molecule has 0 amide bonds. The molecule has 0 bridgehead atoms. The van der Waals surface area contributed by atoms with Gasteiger partial charge in [0.2, 0.25) is 0 Å². The average Bonchev–Trinajstić information content (AvgIpc) is 3.52. The van der Waals surface area contributed by atoms with E-state index in [4.69, 9.17) is 0 Å². The van der Waals surface area contributed by atoms with Crippen molar-refractivity contribution in [2.45, 2.75) is 25.1 Å². The van der Waals surface area contributed by atoms with E-state index in [0.717, 1.165) is 0 Å².